The van der Waals surface area contributed by atoms with Gasteiger partial charge in [-0.05, 0) is 63.9 Å². The lowest BCUT2D eigenvalue weighted by Gasteiger charge is -2.27. The van der Waals surface area contributed by atoms with E-state index in [0.717, 1.165) is 38.5 Å². The van der Waals surface area contributed by atoms with E-state index in [1.165, 1.54) is 43.8 Å². The maximum absolute atomic E-state index is 13.8. The maximum Gasteiger partial charge on any atom is 0.472 e. The van der Waals surface area contributed by atoms with E-state index < -0.39 is 73.8 Å². The third kappa shape index (κ3) is 17.5. The van der Waals surface area contributed by atoms with Gasteiger partial charge in [0, 0.05) is 44.6 Å². The number of Topliss-reactive ketones (excluding diaryl/α,β-unsaturated/α-hetero) is 2. The molecule has 0 saturated carbocycles. The van der Waals surface area contributed by atoms with Crippen molar-refractivity contribution in [3.8, 4) is 0 Å². The van der Waals surface area contributed by atoms with Crippen molar-refractivity contribution in [1.82, 2.24) is 25.5 Å². The fraction of sp³-hybridized carbons (Fsp3) is 0.643. The molecule has 328 valence electrons. The lowest BCUT2D eigenvalue weighted by molar-refractivity contribution is -0.138. The predicted octanol–water partition coefficient (Wildman–Crippen LogP) is 4.74. The van der Waals surface area contributed by atoms with Crippen LogP contribution >= 0.6 is 7.82 Å². The first kappa shape index (κ1) is 49.1. The van der Waals surface area contributed by atoms with E-state index in [2.05, 4.69) is 32.7 Å². The van der Waals surface area contributed by atoms with Crippen molar-refractivity contribution in [3.63, 3.8) is 0 Å². The number of likely N-dealkylation sites (tertiary alicyclic amines) is 1. The summed E-state index contributed by atoms with van der Waals surface area (Å²) in [5.41, 5.74) is 7.48. The molecule has 1 saturated heterocycles. The number of amides is 4. The molecule has 0 radical (unpaired) electrons. The number of imidazole rings is 1. The summed E-state index contributed by atoms with van der Waals surface area (Å²) in [7, 11) is -4.60. The quantitative estimate of drug-likeness (QED) is 0.0579. The van der Waals surface area contributed by atoms with Crippen molar-refractivity contribution in [2.45, 2.75) is 142 Å². The van der Waals surface area contributed by atoms with E-state index in [-0.39, 0.29) is 37.1 Å². The number of phosphoric ester groups is 1. The molecule has 1 aliphatic heterocycles. The maximum atomic E-state index is 13.8. The molecule has 0 spiro atoms. The van der Waals surface area contributed by atoms with Crippen LogP contribution < -0.4 is 16.4 Å². The highest BCUT2D eigenvalue weighted by Gasteiger charge is 2.37. The summed E-state index contributed by atoms with van der Waals surface area (Å²) in [6.45, 7) is 8.40. The molecule has 4 amide bonds. The van der Waals surface area contributed by atoms with Crippen LogP contribution in [0, 0.1) is 17.8 Å². The van der Waals surface area contributed by atoms with Crippen LogP contribution in [-0.2, 0) is 55.2 Å². The van der Waals surface area contributed by atoms with Crippen LogP contribution in [0.5, 0.6) is 0 Å². The fourth-order valence-corrected chi connectivity index (χ4v) is 8.30. The number of hydrogen-bond donors (Lipinski definition) is 5. The van der Waals surface area contributed by atoms with Gasteiger partial charge in [-0.3, -0.25) is 37.8 Å². The van der Waals surface area contributed by atoms with E-state index in [0.29, 0.717) is 37.9 Å². The lowest BCUT2D eigenvalue weighted by atomic mass is 9.89. The van der Waals surface area contributed by atoms with Gasteiger partial charge in [-0.1, -0.05) is 69.9 Å². The Labute approximate surface area is 348 Å². The minimum absolute atomic E-state index is 0.0146. The zero-order chi connectivity index (χ0) is 43.5. The van der Waals surface area contributed by atoms with Crippen molar-refractivity contribution in [2.24, 2.45) is 23.5 Å². The number of rotatable bonds is 28. The van der Waals surface area contributed by atoms with Crippen LogP contribution in [0.1, 0.15) is 117 Å². The summed E-state index contributed by atoms with van der Waals surface area (Å²) < 4.78 is 23.1. The minimum Gasteiger partial charge on any atom is -0.369 e. The third-order valence-electron chi connectivity index (χ3n) is 10.7. The van der Waals surface area contributed by atoms with Crippen LogP contribution in [-0.4, -0.2) is 92.3 Å². The second-order valence-corrected chi connectivity index (χ2v) is 17.5. The first-order valence-electron chi connectivity index (χ1n) is 20.9. The number of carbonyl (C=O) groups is 6. The average molecular weight is 845 g/mol. The molecule has 6 N–H and O–H groups in total. The topological polar surface area (TPSA) is 240 Å². The van der Waals surface area contributed by atoms with Gasteiger partial charge in [0.25, 0.3) is 0 Å². The summed E-state index contributed by atoms with van der Waals surface area (Å²) in [5, 5.41) is 5.48. The molecule has 2 aromatic rings. The number of benzene rings is 1. The molecule has 1 fully saturated rings. The Balaban J connectivity index is 1.53. The summed E-state index contributed by atoms with van der Waals surface area (Å²) in [6, 6.07) is 7.55. The molecule has 2 heterocycles. The number of aromatic amines is 1. The number of nitrogens with two attached hydrogens (primary N) is 1. The van der Waals surface area contributed by atoms with Crippen LogP contribution in [0.3, 0.4) is 0 Å². The van der Waals surface area contributed by atoms with Crippen LogP contribution in [0.4, 0.5) is 0 Å². The summed E-state index contributed by atoms with van der Waals surface area (Å²) in [6.07, 6.45) is 8.94. The van der Waals surface area contributed by atoms with Gasteiger partial charge in [-0.15, -0.1) is 0 Å². The summed E-state index contributed by atoms with van der Waals surface area (Å²) in [5.74, 6) is -5.47. The van der Waals surface area contributed by atoms with Gasteiger partial charge in [-0.2, -0.15) is 0 Å². The first-order valence-corrected chi connectivity index (χ1v) is 22.4. The predicted molar refractivity (Wildman–Crippen MR) is 221 cm³/mol. The zero-order valence-electron chi connectivity index (χ0n) is 35.2. The van der Waals surface area contributed by atoms with Crippen LogP contribution in [0.2, 0.25) is 0 Å². The van der Waals surface area contributed by atoms with Crippen molar-refractivity contribution in [1.29, 1.82) is 0 Å². The van der Waals surface area contributed by atoms with Gasteiger partial charge in [0.05, 0.1) is 43.0 Å². The highest BCUT2D eigenvalue weighted by atomic mass is 31.2. The number of nitrogens with zero attached hydrogens (tertiary/aromatic N) is 2. The van der Waals surface area contributed by atoms with Crippen molar-refractivity contribution < 1.29 is 47.3 Å². The molecular weight excluding hydrogens is 779 g/mol. The van der Waals surface area contributed by atoms with Crippen molar-refractivity contribution >= 4 is 43.0 Å². The summed E-state index contributed by atoms with van der Waals surface area (Å²) >= 11 is 0. The second kappa shape index (κ2) is 24.7. The molecular formula is C42H65N6O10P. The highest BCUT2D eigenvalue weighted by molar-refractivity contribution is 7.47. The number of primary amides is 1. The van der Waals surface area contributed by atoms with Gasteiger partial charge < -0.3 is 31.1 Å². The van der Waals surface area contributed by atoms with Crippen LogP contribution in [0.15, 0.2) is 42.9 Å². The number of aromatic nitrogens is 2. The van der Waals surface area contributed by atoms with E-state index in [4.69, 9.17) is 14.8 Å². The first-order chi connectivity index (χ1) is 28.0. The number of phosphoric acid groups is 1. The van der Waals surface area contributed by atoms with Gasteiger partial charge in [0.15, 0.2) is 11.6 Å². The van der Waals surface area contributed by atoms with Gasteiger partial charge >= 0.3 is 7.82 Å². The van der Waals surface area contributed by atoms with E-state index in [1.54, 1.807) is 0 Å². The molecule has 2 unspecified atom stereocenters. The Kier molecular flexibility index (Phi) is 20.6. The Morgan fingerprint density at radius 3 is 2.27 bits per heavy atom. The molecule has 1 aromatic heterocycles. The number of carbonyl (C=O) groups excluding carboxylic acids is 6. The normalized spacial score (nSPS) is 17.7. The highest BCUT2D eigenvalue weighted by Crippen LogP contribution is 2.46. The molecule has 0 aliphatic carbocycles. The number of hydrogen-bond acceptors (Lipinski definition) is 10. The Morgan fingerprint density at radius 2 is 1.64 bits per heavy atom. The number of nitrogens with one attached hydrogen (secondary N) is 3. The molecule has 16 nitrogen and oxygen atoms in total. The van der Waals surface area contributed by atoms with Crippen LogP contribution in [0.25, 0.3) is 0 Å². The number of unbranched alkanes of at least 4 members (excludes halogenated alkanes) is 5. The number of H-pyrrole nitrogens is 1. The number of aryl methyl sites for hydroxylation is 1. The van der Waals surface area contributed by atoms with Crippen molar-refractivity contribution in [3.05, 3.63) is 54.1 Å². The van der Waals surface area contributed by atoms with Gasteiger partial charge in [0.1, 0.15) is 6.04 Å². The number of ketones is 2. The molecule has 1 aliphatic rings. The zero-order valence-corrected chi connectivity index (χ0v) is 36.1. The Morgan fingerprint density at radius 1 is 0.966 bits per heavy atom. The van der Waals surface area contributed by atoms with E-state index >= 15 is 0 Å². The lowest BCUT2D eigenvalue weighted by Crippen LogP contribution is -2.51. The molecule has 59 heavy (non-hydrogen) atoms. The Bertz CT molecular complexity index is 1710. The average Bonchev–Trinajstić information content (AvgIpc) is 3.89. The van der Waals surface area contributed by atoms with E-state index in [9.17, 15) is 38.2 Å². The monoisotopic (exact) mass is 844 g/mol. The minimum atomic E-state index is -4.60. The molecule has 7 atom stereocenters. The Hall–Kier alpha value is -4.24. The molecule has 3 rings (SSSR count). The largest absolute Gasteiger partial charge is 0.472 e. The fourth-order valence-electron chi connectivity index (χ4n) is 7.31. The van der Waals surface area contributed by atoms with Gasteiger partial charge in [0.2, 0.25) is 23.6 Å². The second-order valence-electron chi connectivity index (χ2n) is 16.1. The SMILES string of the molecule is CC(=O)N1CCCC1C(=O)N[C@@H](CC(C)C)C(=O)C[C@@H](Cc1cnc[nH]1)C(=O)N[C@@H](C)C(=O)C[C@H](C(N)=O)[C@@H](C)OP(=O)(O)OCCCCCCCCc1ccccc1. The standard InChI is InChI=1S/C42H65N6O10P/c1-28(2)22-36(47-42(54)37-19-15-20-48(37)31(5)49)39(51)24-33(23-34-26-44-27-45-34)41(53)46-29(3)38(50)25-35(40(43)52)30(4)58-59(55,56)57-21-14-9-7-6-8-11-16-32-17-12-10-13-18-32/h10,12-13,17-18,26-30,33,35-37H,6-9,11,14-16,19-25H2,1-5H3,(H2,43,52)(H,44,45)(H,46,53)(H,47,54)(H,55,56)/t29-,30+,33+,35-,36-,37?/m0/s1. The molecule has 17 heteroatoms. The van der Waals surface area contributed by atoms with E-state index in [1.807, 2.05) is 32.0 Å². The smallest absolute Gasteiger partial charge is 0.369 e. The third-order valence-corrected chi connectivity index (χ3v) is 11.8. The molecule has 1 aromatic carbocycles. The summed E-state index contributed by atoms with van der Waals surface area (Å²) in [4.78, 5) is 97.6. The molecule has 0 bridgehead atoms. The van der Waals surface area contributed by atoms with Gasteiger partial charge in [-0.25, -0.2) is 9.55 Å². The van der Waals surface area contributed by atoms with Crippen molar-refractivity contribution in [2.75, 3.05) is 13.2 Å².